The molecular weight excluding hydrogens is 389 g/mol. The molecule has 0 spiro atoms. The van der Waals surface area contributed by atoms with Gasteiger partial charge in [-0.3, -0.25) is 4.57 Å². The smallest absolute Gasteiger partial charge is 0.419 e. The van der Waals surface area contributed by atoms with E-state index in [0.29, 0.717) is 34.1 Å². The van der Waals surface area contributed by atoms with Gasteiger partial charge < -0.3 is 19.8 Å². The van der Waals surface area contributed by atoms with Gasteiger partial charge >= 0.3 is 5.76 Å². The van der Waals surface area contributed by atoms with Crippen molar-refractivity contribution in [3.63, 3.8) is 0 Å². The van der Waals surface area contributed by atoms with Crippen LogP contribution in [0.2, 0.25) is 0 Å². The number of aryl methyl sites for hydroxylation is 3. The first kappa shape index (κ1) is 19.4. The van der Waals surface area contributed by atoms with Gasteiger partial charge in [-0.05, 0) is 43.7 Å². The summed E-state index contributed by atoms with van der Waals surface area (Å²) in [6.07, 6.45) is 1.68. The molecule has 4 aromatic rings. The van der Waals surface area contributed by atoms with Crippen LogP contribution in [-0.2, 0) is 7.05 Å². The Morgan fingerprint density at radius 3 is 2.67 bits per heavy atom. The zero-order valence-electron chi connectivity index (χ0n) is 16.9. The van der Waals surface area contributed by atoms with Gasteiger partial charge in [0.25, 0.3) is 0 Å². The van der Waals surface area contributed by atoms with E-state index >= 15 is 0 Å². The van der Waals surface area contributed by atoms with Crippen LogP contribution in [0.25, 0.3) is 11.1 Å². The van der Waals surface area contributed by atoms with Gasteiger partial charge in [0.1, 0.15) is 5.82 Å². The van der Waals surface area contributed by atoms with Gasteiger partial charge in [0, 0.05) is 36.2 Å². The summed E-state index contributed by atoms with van der Waals surface area (Å²) in [5, 5.41) is 6.31. The molecule has 30 heavy (non-hydrogen) atoms. The topological polar surface area (TPSA) is 94.2 Å². The SMILES string of the molecule is COc1cc(Nc2ncc(C)c(Nc3ccc4oc(=O)n(C)c4c3)n2)cc(C)c1F. The van der Waals surface area contributed by atoms with Crippen LogP contribution in [-0.4, -0.2) is 21.6 Å². The van der Waals surface area contributed by atoms with Crippen molar-refractivity contribution in [1.29, 1.82) is 0 Å². The van der Waals surface area contributed by atoms with Gasteiger partial charge in [0.15, 0.2) is 17.1 Å². The second-order valence-electron chi connectivity index (χ2n) is 6.89. The number of rotatable bonds is 5. The first-order chi connectivity index (χ1) is 14.4. The Labute approximate surface area is 171 Å². The van der Waals surface area contributed by atoms with Crippen molar-refractivity contribution in [2.24, 2.45) is 7.05 Å². The molecule has 0 amide bonds. The Morgan fingerprint density at radius 1 is 1.10 bits per heavy atom. The predicted molar refractivity (Wildman–Crippen MR) is 112 cm³/mol. The van der Waals surface area contributed by atoms with Gasteiger partial charge in [0.2, 0.25) is 5.95 Å². The van der Waals surface area contributed by atoms with Crippen molar-refractivity contribution >= 4 is 34.2 Å². The lowest BCUT2D eigenvalue weighted by molar-refractivity contribution is 0.385. The monoisotopic (exact) mass is 409 g/mol. The van der Waals surface area contributed by atoms with Crippen LogP contribution in [0.1, 0.15) is 11.1 Å². The molecule has 0 saturated heterocycles. The van der Waals surface area contributed by atoms with E-state index in [-0.39, 0.29) is 5.75 Å². The number of fused-ring (bicyclic) bond motifs is 1. The molecule has 0 fully saturated rings. The minimum Gasteiger partial charge on any atom is -0.494 e. The maximum Gasteiger partial charge on any atom is 0.419 e. The van der Waals surface area contributed by atoms with E-state index in [0.717, 1.165) is 11.3 Å². The third kappa shape index (κ3) is 3.57. The number of nitrogens with zero attached hydrogens (tertiary/aromatic N) is 3. The number of aromatic nitrogens is 3. The summed E-state index contributed by atoms with van der Waals surface area (Å²) in [6.45, 7) is 3.54. The molecule has 0 bridgehead atoms. The van der Waals surface area contributed by atoms with Gasteiger partial charge in [-0.25, -0.2) is 14.2 Å². The third-order valence-corrected chi connectivity index (χ3v) is 4.72. The van der Waals surface area contributed by atoms with Crippen molar-refractivity contribution in [1.82, 2.24) is 14.5 Å². The highest BCUT2D eigenvalue weighted by atomic mass is 19.1. The summed E-state index contributed by atoms with van der Waals surface area (Å²) in [4.78, 5) is 20.5. The van der Waals surface area contributed by atoms with E-state index < -0.39 is 11.6 Å². The fourth-order valence-corrected chi connectivity index (χ4v) is 3.06. The van der Waals surface area contributed by atoms with Crippen molar-refractivity contribution in [2.45, 2.75) is 13.8 Å². The number of ether oxygens (including phenoxy) is 1. The Balaban J connectivity index is 1.63. The molecule has 0 aliphatic rings. The Hall–Kier alpha value is -3.88. The van der Waals surface area contributed by atoms with Crippen molar-refractivity contribution in [3.05, 3.63) is 64.0 Å². The highest BCUT2D eigenvalue weighted by Gasteiger charge is 2.11. The molecule has 8 nitrogen and oxygen atoms in total. The standard InChI is InChI=1S/C21H20FN5O3/c1-11-7-14(9-17(29-4)18(11)22)25-20-23-10-12(2)19(26-20)24-13-5-6-16-15(8-13)27(3)21(28)30-16/h5-10H,1-4H3,(H2,23,24,25,26). The van der Waals surface area contributed by atoms with E-state index in [1.54, 1.807) is 44.4 Å². The summed E-state index contributed by atoms with van der Waals surface area (Å²) in [5.41, 5.74) is 3.80. The largest absolute Gasteiger partial charge is 0.494 e. The molecule has 0 radical (unpaired) electrons. The summed E-state index contributed by atoms with van der Waals surface area (Å²) in [6, 6.07) is 8.53. The van der Waals surface area contributed by atoms with Gasteiger partial charge in [0.05, 0.1) is 12.6 Å². The first-order valence-corrected chi connectivity index (χ1v) is 9.17. The van der Waals surface area contributed by atoms with Crippen LogP contribution >= 0.6 is 0 Å². The molecule has 4 rings (SSSR count). The molecule has 0 aliphatic heterocycles. The molecule has 2 heterocycles. The number of benzene rings is 2. The number of halogens is 1. The molecule has 0 unspecified atom stereocenters. The van der Waals surface area contributed by atoms with Crippen LogP contribution < -0.4 is 21.1 Å². The van der Waals surface area contributed by atoms with Gasteiger partial charge in [-0.1, -0.05) is 0 Å². The summed E-state index contributed by atoms with van der Waals surface area (Å²) < 4.78 is 25.7. The Morgan fingerprint density at radius 2 is 1.90 bits per heavy atom. The number of nitrogens with one attached hydrogen (secondary N) is 2. The number of hydrogen-bond donors (Lipinski definition) is 2. The van der Waals surface area contributed by atoms with E-state index in [1.807, 2.05) is 13.0 Å². The number of hydrogen-bond acceptors (Lipinski definition) is 7. The number of oxazole rings is 1. The average molecular weight is 409 g/mol. The molecule has 2 aromatic heterocycles. The Bertz CT molecular complexity index is 1310. The third-order valence-electron chi connectivity index (χ3n) is 4.72. The highest BCUT2D eigenvalue weighted by Crippen LogP contribution is 2.28. The first-order valence-electron chi connectivity index (χ1n) is 9.17. The summed E-state index contributed by atoms with van der Waals surface area (Å²) >= 11 is 0. The van der Waals surface area contributed by atoms with Crippen LogP contribution in [0.3, 0.4) is 0 Å². The van der Waals surface area contributed by atoms with E-state index in [9.17, 15) is 9.18 Å². The Kier molecular flexibility index (Phi) is 4.86. The van der Waals surface area contributed by atoms with E-state index in [4.69, 9.17) is 9.15 Å². The van der Waals surface area contributed by atoms with Crippen LogP contribution in [0, 0.1) is 19.7 Å². The molecule has 0 aliphatic carbocycles. The fraction of sp³-hybridized carbons (Fsp3) is 0.190. The normalized spacial score (nSPS) is 11.0. The van der Waals surface area contributed by atoms with Crippen LogP contribution in [0.4, 0.5) is 27.5 Å². The minimum atomic E-state index is -0.420. The lowest BCUT2D eigenvalue weighted by atomic mass is 10.2. The van der Waals surface area contributed by atoms with Crippen LogP contribution in [0.5, 0.6) is 5.75 Å². The van der Waals surface area contributed by atoms with Crippen molar-refractivity contribution in [3.8, 4) is 5.75 Å². The fourth-order valence-electron chi connectivity index (χ4n) is 3.06. The molecule has 0 atom stereocenters. The summed E-state index contributed by atoms with van der Waals surface area (Å²) in [5.74, 6) is 0.247. The lowest BCUT2D eigenvalue weighted by Crippen LogP contribution is -2.08. The maximum absolute atomic E-state index is 14.0. The van der Waals surface area contributed by atoms with E-state index in [1.165, 1.54) is 11.7 Å². The highest BCUT2D eigenvalue weighted by molar-refractivity contribution is 5.79. The van der Waals surface area contributed by atoms with Crippen LogP contribution in [0.15, 0.2) is 45.7 Å². The predicted octanol–water partition coefficient (Wildman–Crippen LogP) is 4.17. The molecule has 2 N–H and O–H groups in total. The zero-order chi connectivity index (χ0) is 21.4. The second kappa shape index (κ2) is 7.51. The molecular formula is C21H20FN5O3. The number of anilines is 4. The van der Waals surface area contributed by atoms with Crippen molar-refractivity contribution in [2.75, 3.05) is 17.7 Å². The maximum atomic E-state index is 14.0. The van der Waals surface area contributed by atoms with Gasteiger partial charge in [-0.15, -0.1) is 0 Å². The number of methoxy groups -OCH3 is 1. The summed E-state index contributed by atoms with van der Waals surface area (Å²) in [7, 11) is 3.06. The molecule has 0 saturated carbocycles. The quantitative estimate of drug-likeness (QED) is 0.511. The van der Waals surface area contributed by atoms with Gasteiger partial charge in [-0.2, -0.15) is 4.98 Å². The van der Waals surface area contributed by atoms with Crippen molar-refractivity contribution < 1.29 is 13.5 Å². The molecule has 9 heteroatoms. The average Bonchev–Trinajstić information content (AvgIpc) is 3.01. The molecule has 154 valence electrons. The lowest BCUT2D eigenvalue weighted by Gasteiger charge is -2.13. The van der Waals surface area contributed by atoms with E-state index in [2.05, 4.69) is 20.6 Å². The molecule has 2 aromatic carbocycles. The minimum absolute atomic E-state index is 0.141. The zero-order valence-corrected chi connectivity index (χ0v) is 16.9. The second-order valence-corrected chi connectivity index (χ2v) is 6.89.